The molecule has 0 aliphatic heterocycles. The van der Waals surface area contributed by atoms with Gasteiger partial charge in [0.25, 0.3) is 0 Å². The zero-order chi connectivity index (χ0) is 10.9. The van der Waals surface area contributed by atoms with Crippen LogP contribution in [0.25, 0.3) is 0 Å². The number of rotatable bonds is 7. The Morgan fingerprint density at radius 3 is 2.67 bits per heavy atom. The van der Waals surface area contributed by atoms with Crippen molar-refractivity contribution in [3.63, 3.8) is 0 Å². The molecule has 2 nitrogen and oxygen atoms in total. The Morgan fingerprint density at radius 1 is 1.13 bits per heavy atom. The summed E-state index contributed by atoms with van der Waals surface area (Å²) in [5.41, 5.74) is 1.23. The van der Waals surface area contributed by atoms with Gasteiger partial charge in [0.1, 0.15) is 0 Å². The predicted molar refractivity (Wildman–Crippen MR) is 66.3 cm³/mol. The van der Waals surface area contributed by atoms with Crippen molar-refractivity contribution in [1.82, 2.24) is 10.6 Å². The molecular formula is C12H19ClN2. The van der Waals surface area contributed by atoms with Gasteiger partial charge in [0, 0.05) is 24.7 Å². The molecule has 0 heterocycles. The van der Waals surface area contributed by atoms with Crippen molar-refractivity contribution in [2.45, 2.75) is 19.9 Å². The first-order chi connectivity index (χ1) is 7.33. The zero-order valence-corrected chi connectivity index (χ0v) is 9.98. The van der Waals surface area contributed by atoms with Gasteiger partial charge in [0.15, 0.2) is 0 Å². The summed E-state index contributed by atoms with van der Waals surface area (Å²) in [6.45, 7) is 6.17. The molecule has 0 saturated carbocycles. The third-order valence-electron chi connectivity index (χ3n) is 2.12. The molecule has 0 unspecified atom stereocenters. The molecule has 1 aromatic carbocycles. The van der Waals surface area contributed by atoms with Crippen LogP contribution < -0.4 is 10.6 Å². The van der Waals surface area contributed by atoms with Crippen LogP contribution >= 0.6 is 11.6 Å². The van der Waals surface area contributed by atoms with Crippen LogP contribution in [-0.2, 0) is 6.54 Å². The predicted octanol–water partition coefficient (Wildman–Crippen LogP) is 2.43. The van der Waals surface area contributed by atoms with Gasteiger partial charge in [-0.2, -0.15) is 0 Å². The van der Waals surface area contributed by atoms with Crippen molar-refractivity contribution in [2.75, 3.05) is 19.6 Å². The molecule has 84 valence electrons. The van der Waals surface area contributed by atoms with E-state index < -0.39 is 0 Å². The Kier molecular flexibility index (Phi) is 6.41. The fraction of sp³-hybridized carbons (Fsp3) is 0.500. The van der Waals surface area contributed by atoms with E-state index in [1.165, 1.54) is 12.0 Å². The van der Waals surface area contributed by atoms with Crippen LogP contribution in [0, 0.1) is 0 Å². The van der Waals surface area contributed by atoms with Gasteiger partial charge in [-0.3, -0.25) is 0 Å². The molecular weight excluding hydrogens is 208 g/mol. The lowest BCUT2D eigenvalue weighted by Gasteiger charge is -2.06. The summed E-state index contributed by atoms with van der Waals surface area (Å²) in [4.78, 5) is 0. The van der Waals surface area contributed by atoms with E-state index in [4.69, 9.17) is 11.6 Å². The lowest BCUT2D eigenvalue weighted by Crippen LogP contribution is -2.27. The Hall–Kier alpha value is -0.570. The first-order valence-electron chi connectivity index (χ1n) is 5.49. The van der Waals surface area contributed by atoms with Crippen molar-refractivity contribution in [1.29, 1.82) is 0 Å². The minimum atomic E-state index is 0.804. The summed E-state index contributed by atoms with van der Waals surface area (Å²) >= 11 is 5.89. The van der Waals surface area contributed by atoms with E-state index >= 15 is 0 Å². The van der Waals surface area contributed by atoms with Crippen LogP contribution in [-0.4, -0.2) is 19.6 Å². The first kappa shape index (κ1) is 12.5. The minimum Gasteiger partial charge on any atom is -0.315 e. The molecule has 0 bridgehead atoms. The molecule has 0 radical (unpaired) electrons. The average molecular weight is 227 g/mol. The second kappa shape index (κ2) is 7.69. The lowest BCUT2D eigenvalue weighted by molar-refractivity contribution is 0.607. The molecule has 0 amide bonds. The molecule has 0 aliphatic rings. The van der Waals surface area contributed by atoms with Crippen molar-refractivity contribution in [3.05, 3.63) is 34.9 Å². The smallest absolute Gasteiger partial charge is 0.0409 e. The third-order valence-corrected chi connectivity index (χ3v) is 2.36. The molecule has 0 saturated heterocycles. The van der Waals surface area contributed by atoms with E-state index in [0.717, 1.165) is 31.2 Å². The molecule has 15 heavy (non-hydrogen) atoms. The average Bonchev–Trinajstić information content (AvgIpc) is 2.23. The molecule has 0 aromatic heterocycles. The van der Waals surface area contributed by atoms with Gasteiger partial charge in [-0.05, 0) is 30.7 Å². The van der Waals surface area contributed by atoms with Crippen molar-refractivity contribution >= 4 is 11.6 Å². The number of hydrogen-bond acceptors (Lipinski definition) is 2. The molecule has 0 atom stereocenters. The normalized spacial score (nSPS) is 10.5. The van der Waals surface area contributed by atoms with Gasteiger partial charge in [0.05, 0.1) is 0 Å². The highest BCUT2D eigenvalue weighted by Crippen LogP contribution is 2.09. The van der Waals surface area contributed by atoms with Crippen LogP contribution in [0.1, 0.15) is 18.9 Å². The maximum absolute atomic E-state index is 5.89. The summed E-state index contributed by atoms with van der Waals surface area (Å²) in [5, 5.41) is 7.51. The highest BCUT2D eigenvalue weighted by Gasteiger charge is 1.93. The molecule has 0 spiro atoms. The Bertz CT molecular complexity index is 276. The summed E-state index contributed by atoms with van der Waals surface area (Å²) < 4.78 is 0. The van der Waals surface area contributed by atoms with Gasteiger partial charge in [0.2, 0.25) is 0 Å². The standard InChI is InChI=1S/C12H19ClN2/c1-2-6-14-7-8-15-10-11-4-3-5-12(13)9-11/h3-5,9,14-15H,2,6-8,10H2,1H3. The van der Waals surface area contributed by atoms with Gasteiger partial charge in [-0.1, -0.05) is 30.7 Å². The quantitative estimate of drug-likeness (QED) is 0.698. The van der Waals surface area contributed by atoms with Crippen LogP contribution in [0.3, 0.4) is 0 Å². The molecule has 0 fully saturated rings. The van der Waals surface area contributed by atoms with Gasteiger partial charge >= 0.3 is 0 Å². The fourth-order valence-electron chi connectivity index (χ4n) is 1.36. The second-order valence-corrected chi connectivity index (χ2v) is 3.99. The Balaban J connectivity index is 2.10. The van der Waals surface area contributed by atoms with Crippen LogP contribution in [0.5, 0.6) is 0 Å². The molecule has 1 aromatic rings. The summed E-state index contributed by atoms with van der Waals surface area (Å²) in [6.07, 6.45) is 1.19. The monoisotopic (exact) mass is 226 g/mol. The molecule has 0 aliphatic carbocycles. The van der Waals surface area contributed by atoms with Crippen molar-refractivity contribution < 1.29 is 0 Å². The van der Waals surface area contributed by atoms with E-state index in [2.05, 4.69) is 23.6 Å². The lowest BCUT2D eigenvalue weighted by atomic mass is 10.2. The first-order valence-corrected chi connectivity index (χ1v) is 5.86. The topological polar surface area (TPSA) is 24.1 Å². The maximum Gasteiger partial charge on any atom is 0.0409 e. The zero-order valence-electron chi connectivity index (χ0n) is 9.22. The van der Waals surface area contributed by atoms with Gasteiger partial charge < -0.3 is 10.6 Å². The second-order valence-electron chi connectivity index (χ2n) is 3.56. The number of halogens is 1. The Morgan fingerprint density at radius 2 is 1.93 bits per heavy atom. The SMILES string of the molecule is CCCNCCNCc1cccc(Cl)c1. The summed E-state index contributed by atoms with van der Waals surface area (Å²) in [5.74, 6) is 0. The van der Waals surface area contributed by atoms with Crippen LogP contribution in [0.4, 0.5) is 0 Å². The number of hydrogen-bond donors (Lipinski definition) is 2. The molecule has 2 N–H and O–H groups in total. The minimum absolute atomic E-state index is 0.804. The van der Waals surface area contributed by atoms with Crippen molar-refractivity contribution in [2.24, 2.45) is 0 Å². The largest absolute Gasteiger partial charge is 0.315 e. The third kappa shape index (κ3) is 5.78. The van der Waals surface area contributed by atoms with E-state index in [-0.39, 0.29) is 0 Å². The maximum atomic E-state index is 5.89. The number of benzene rings is 1. The van der Waals surface area contributed by atoms with Gasteiger partial charge in [-0.25, -0.2) is 0 Å². The van der Waals surface area contributed by atoms with E-state index in [9.17, 15) is 0 Å². The van der Waals surface area contributed by atoms with E-state index in [1.54, 1.807) is 0 Å². The van der Waals surface area contributed by atoms with E-state index in [1.807, 2.05) is 18.2 Å². The highest BCUT2D eigenvalue weighted by atomic mass is 35.5. The fourth-order valence-corrected chi connectivity index (χ4v) is 1.57. The highest BCUT2D eigenvalue weighted by molar-refractivity contribution is 6.30. The molecule has 3 heteroatoms. The summed E-state index contributed by atoms with van der Waals surface area (Å²) in [7, 11) is 0. The summed E-state index contributed by atoms with van der Waals surface area (Å²) in [6, 6.07) is 7.95. The Labute approximate surface area is 97.0 Å². The number of nitrogens with one attached hydrogen (secondary N) is 2. The van der Waals surface area contributed by atoms with Crippen LogP contribution in [0.2, 0.25) is 5.02 Å². The van der Waals surface area contributed by atoms with Crippen LogP contribution in [0.15, 0.2) is 24.3 Å². The molecule has 1 rings (SSSR count). The van der Waals surface area contributed by atoms with Crippen molar-refractivity contribution in [3.8, 4) is 0 Å². The van der Waals surface area contributed by atoms with Gasteiger partial charge in [-0.15, -0.1) is 0 Å². The van der Waals surface area contributed by atoms with E-state index in [0.29, 0.717) is 0 Å².